The van der Waals surface area contributed by atoms with Crippen LogP contribution in [0.4, 0.5) is 5.69 Å². The van der Waals surface area contributed by atoms with Gasteiger partial charge in [0, 0.05) is 10.7 Å². The maximum atomic E-state index is 12.4. The fourth-order valence-electron chi connectivity index (χ4n) is 2.89. The molecule has 4 aromatic rings. The Morgan fingerprint density at radius 1 is 1.13 bits per heavy atom. The Balaban J connectivity index is 1.50. The lowest BCUT2D eigenvalue weighted by atomic mass is 10.2. The lowest BCUT2D eigenvalue weighted by Crippen LogP contribution is -2.15. The summed E-state index contributed by atoms with van der Waals surface area (Å²) in [5.74, 6) is 1.30. The van der Waals surface area contributed by atoms with Crippen molar-refractivity contribution in [2.75, 3.05) is 11.1 Å². The van der Waals surface area contributed by atoms with Gasteiger partial charge in [0.05, 0.1) is 18.6 Å². The van der Waals surface area contributed by atoms with Crippen LogP contribution in [0.2, 0.25) is 5.02 Å². The van der Waals surface area contributed by atoms with Gasteiger partial charge in [-0.15, -0.1) is 10.2 Å². The topological polar surface area (TPSA) is 73.0 Å². The number of carbonyl (C=O) groups is 1. The molecule has 2 heterocycles. The van der Waals surface area contributed by atoms with Crippen molar-refractivity contribution < 1.29 is 9.21 Å². The lowest BCUT2D eigenvalue weighted by Gasteiger charge is -2.10. The summed E-state index contributed by atoms with van der Waals surface area (Å²) in [4.78, 5) is 12.4. The van der Waals surface area contributed by atoms with Crippen LogP contribution in [-0.2, 0) is 11.3 Å². The van der Waals surface area contributed by atoms with Gasteiger partial charge in [0.15, 0.2) is 10.9 Å². The minimum atomic E-state index is -0.145. The van der Waals surface area contributed by atoms with Gasteiger partial charge in [-0.3, -0.25) is 9.36 Å². The average Bonchev–Trinajstić information content (AvgIpc) is 3.40. The predicted octanol–water partition coefficient (Wildman–Crippen LogP) is 5.28. The van der Waals surface area contributed by atoms with Crippen molar-refractivity contribution in [3.8, 4) is 11.6 Å². The first-order valence-corrected chi connectivity index (χ1v) is 10.7. The molecule has 8 heteroatoms. The number of amides is 1. The fraction of sp³-hybridized carbons (Fsp3) is 0.136. The molecule has 0 bridgehead atoms. The molecule has 0 aliphatic carbocycles. The predicted molar refractivity (Wildman–Crippen MR) is 119 cm³/mol. The third-order valence-electron chi connectivity index (χ3n) is 4.43. The molecule has 0 spiro atoms. The number of rotatable bonds is 7. The highest BCUT2D eigenvalue weighted by Crippen LogP contribution is 2.26. The third kappa shape index (κ3) is 4.75. The van der Waals surface area contributed by atoms with E-state index in [4.69, 9.17) is 16.0 Å². The Morgan fingerprint density at radius 3 is 2.70 bits per heavy atom. The molecule has 0 radical (unpaired) electrons. The number of furan rings is 1. The molecule has 0 unspecified atom stereocenters. The molecular weight excluding hydrogens is 420 g/mol. The smallest absolute Gasteiger partial charge is 0.234 e. The molecule has 0 saturated carbocycles. The van der Waals surface area contributed by atoms with Crippen molar-refractivity contribution in [2.24, 2.45) is 0 Å². The third-order valence-corrected chi connectivity index (χ3v) is 5.80. The van der Waals surface area contributed by atoms with Crippen LogP contribution in [0.3, 0.4) is 0 Å². The quantitative estimate of drug-likeness (QED) is 0.397. The Kier molecular flexibility index (Phi) is 6.21. The maximum Gasteiger partial charge on any atom is 0.234 e. The molecule has 0 aliphatic heterocycles. The summed E-state index contributed by atoms with van der Waals surface area (Å²) in [5.41, 5.74) is 2.73. The van der Waals surface area contributed by atoms with Crippen LogP contribution in [0, 0.1) is 6.92 Å². The number of anilines is 1. The number of nitrogens with one attached hydrogen (secondary N) is 1. The van der Waals surface area contributed by atoms with Gasteiger partial charge >= 0.3 is 0 Å². The number of benzene rings is 2. The number of halogens is 1. The number of nitrogens with zero attached hydrogens (tertiary/aromatic N) is 3. The van der Waals surface area contributed by atoms with Gasteiger partial charge in [0.2, 0.25) is 11.7 Å². The van der Waals surface area contributed by atoms with Crippen molar-refractivity contribution in [1.82, 2.24) is 14.8 Å². The molecule has 0 fully saturated rings. The van der Waals surface area contributed by atoms with Crippen LogP contribution in [0.15, 0.2) is 76.5 Å². The Labute approximate surface area is 183 Å². The number of hydrogen-bond acceptors (Lipinski definition) is 5. The molecular formula is C22H19ClN4O2S. The van der Waals surface area contributed by atoms with E-state index in [9.17, 15) is 4.79 Å². The van der Waals surface area contributed by atoms with Crippen LogP contribution < -0.4 is 5.32 Å². The van der Waals surface area contributed by atoms with Gasteiger partial charge in [-0.1, -0.05) is 59.8 Å². The van der Waals surface area contributed by atoms with E-state index in [0.29, 0.717) is 34.0 Å². The number of thioether (sulfide) groups is 1. The van der Waals surface area contributed by atoms with Crippen LogP contribution in [0.5, 0.6) is 0 Å². The van der Waals surface area contributed by atoms with Gasteiger partial charge in [0.1, 0.15) is 0 Å². The number of aromatic nitrogens is 3. The molecule has 4 rings (SSSR count). The first-order valence-electron chi connectivity index (χ1n) is 9.30. The van der Waals surface area contributed by atoms with E-state index in [2.05, 4.69) is 15.5 Å². The standard InChI is InChI=1S/C22H19ClN4O2S/c1-15-9-10-17(12-18(15)23)24-20(28)14-30-22-26-25-21(19-8-5-11-29-19)27(22)13-16-6-3-2-4-7-16/h2-12H,13-14H2,1H3,(H,24,28). The van der Waals surface area contributed by atoms with Crippen molar-refractivity contribution in [3.63, 3.8) is 0 Å². The number of carbonyl (C=O) groups excluding carboxylic acids is 1. The second kappa shape index (κ2) is 9.19. The van der Waals surface area contributed by atoms with E-state index >= 15 is 0 Å². The molecule has 1 amide bonds. The second-order valence-corrected chi connectivity index (χ2v) is 8.01. The molecule has 30 heavy (non-hydrogen) atoms. The van der Waals surface area contributed by atoms with E-state index in [0.717, 1.165) is 11.1 Å². The monoisotopic (exact) mass is 438 g/mol. The highest BCUT2D eigenvalue weighted by Gasteiger charge is 2.18. The Hall–Kier alpha value is -3.03. The fourth-order valence-corrected chi connectivity index (χ4v) is 3.81. The molecule has 1 N–H and O–H groups in total. The molecule has 2 aromatic carbocycles. The number of aryl methyl sites for hydroxylation is 1. The van der Waals surface area contributed by atoms with Gasteiger partial charge in [0.25, 0.3) is 0 Å². The molecule has 152 valence electrons. The average molecular weight is 439 g/mol. The second-order valence-electron chi connectivity index (χ2n) is 6.66. The van der Waals surface area contributed by atoms with Gasteiger partial charge in [-0.2, -0.15) is 0 Å². The minimum absolute atomic E-state index is 0.145. The van der Waals surface area contributed by atoms with Crippen molar-refractivity contribution in [2.45, 2.75) is 18.6 Å². The summed E-state index contributed by atoms with van der Waals surface area (Å²) in [6.45, 7) is 2.49. The Bertz CT molecular complexity index is 1140. The Morgan fingerprint density at radius 2 is 1.97 bits per heavy atom. The SMILES string of the molecule is Cc1ccc(NC(=O)CSc2nnc(-c3ccco3)n2Cc2ccccc2)cc1Cl. The van der Waals surface area contributed by atoms with E-state index < -0.39 is 0 Å². The normalized spacial score (nSPS) is 10.9. The van der Waals surface area contributed by atoms with E-state index in [1.807, 2.05) is 66.1 Å². The zero-order chi connectivity index (χ0) is 20.9. The molecule has 0 atom stereocenters. The van der Waals surface area contributed by atoms with Crippen LogP contribution in [0.1, 0.15) is 11.1 Å². The van der Waals surface area contributed by atoms with E-state index in [1.165, 1.54) is 11.8 Å². The van der Waals surface area contributed by atoms with E-state index in [-0.39, 0.29) is 11.7 Å². The summed E-state index contributed by atoms with van der Waals surface area (Å²) in [6.07, 6.45) is 1.60. The van der Waals surface area contributed by atoms with Gasteiger partial charge in [-0.05, 0) is 42.3 Å². The van der Waals surface area contributed by atoms with Gasteiger partial charge in [-0.25, -0.2) is 0 Å². The summed E-state index contributed by atoms with van der Waals surface area (Å²) >= 11 is 7.45. The highest BCUT2D eigenvalue weighted by molar-refractivity contribution is 7.99. The number of hydrogen-bond donors (Lipinski definition) is 1. The molecule has 6 nitrogen and oxygen atoms in total. The summed E-state index contributed by atoms with van der Waals surface area (Å²) in [7, 11) is 0. The van der Waals surface area contributed by atoms with Crippen molar-refractivity contribution >= 4 is 35.0 Å². The van der Waals surface area contributed by atoms with Crippen molar-refractivity contribution in [3.05, 3.63) is 83.1 Å². The van der Waals surface area contributed by atoms with E-state index in [1.54, 1.807) is 12.3 Å². The maximum absolute atomic E-state index is 12.4. The lowest BCUT2D eigenvalue weighted by molar-refractivity contribution is -0.113. The molecule has 0 saturated heterocycles. The summed E-state index contributed by atoms with van der Waals surface area (Å²) in [5, 5.41) is 12.7. The first-order chi connectivity index (χ1) is 14.6. The first kappa shape index (κ1) is 20.3. The molecule has 0 aliphatic rings. The minimum Gasteiger partial charge on any atom is -0.461 e. The van der Waals surface area contributed by atoms with Crippen LogP contribution in [-0.4, -0.2) is 26.4 Å². The summed E-state index contributed by atoms with van der Waals surface area (Å²) < 4.78 is 7.47. The highest BCUT2D eigenvalue weighted by atomic mass is 35.5. The van der Waals surface area contributed by atoms with Crippen LogP contribution in [0.25, 0.3) is 11.6 Å². The zero-order valence-electron chi connectivity index (χ0n) is 16.2. The zero-order valence-corrected chi connectivity index (χ0v) is 17.8. The summed E-state index contributed by atoms with van der Waals surface area (Å²) in [6, 6.07) is 19.1. The van der Waals surface area contributed by atoms with Gasteiger partial charge < -0.3 is 9.73 Å². The van der Waals surface area contributed by atoms with Crippen molar-refractivity contribution in [1.29, 1.82) is 0 Å². The largest absolute Gasteiger partial charge is 0.461 e. The van der Waals surface area contributed by atoms with Crippen LogP contribution >= 0.6 is 23.4 Å². The molecule has 2 aromatic heterocycles.